The Morgan fingerprint density at radius 3 is 1.24 bits per heavy atom. The molecule has 2 amide bonds. The van der Waals surface area contributed by atoms with E-state index < -0.39 is 30.2 Å². The molecule has 8 nitrogen and oxygen atoms in total. The molecular weight excluding hydrogens is 534 g/mol. The van der Waals surface area contributed by atoms with Gasteiger partial charge < -0.3 is 44.6 Å². The molecule has 2 atom stereocenters. The first-order chi connectivity index (χ1) is 10.8. The van der Waals surface area contributed by atoms with Crippen LogP contribution in [0.4, 0.5) is 9.59 Å². The number of sulfone groups is 2. The third kappa shape index (κ3) is 8.60. The second-order valence-corrected chi connectivity index (χ2v) is 11.0. The minimum absolute atomic E-state index is 0. The van der Waals surface area contributed by atoms with Crippen molar-refractivity contribution in [2.24, 2.45) is 0 Å². The molecule has 2 rings (SSSR count). The molecule has 0 saturated carbocycles. The van der Waals surface area contributed by atoms with Crippen LogP contribution in [-0.2, 0) is 44.9 Å². The molecule has 2 aliphatic heterocycles. The fourth-order valence-electron chi connectivity index (χ4n) is 2.46. The third-order valence-corrected chi connectivity index (χ3v) is 8.16. The van der Waals surface area contributed by atoms with Gasteiger partial charge in [0.05, 0.1) is 23.0 Å². The van der Waals surface area contributed by atoms with Crippen LogP contribution in [0.15, 0.2) is 0 Å². The molecule has 13 heteroatoms. The number of rotatable bonds is 2. The van der Waals surface area contributed by atoms with Crippen LogP contribution in [0.5, 0.6) is 0 Å². The summed E-state index contributed by atoms with van der Waals surface area (Å²) in [6.45, 7) is 0. The van der Waals surface area contributed by atoms with Crippen molar-refractivity contribution in [1.82, 2.24) is 9.80 Å². The van der Waals surface area contributed by atoms with Crippen molar-refractivity contribution >= 4 is 104 Å². The predicted octanol–water partition coefficient (Wildman–Crippen LogP) is -0.836. The fourth-order valence-corrected chi connectivity index (χ4v) is 6.31. The van der Waals surface area contributed by atoms with Crippen LogP contribution in [0.1, 0.15) is 12.8 Å². The normalized spacial score (nSPS) is 25.8. The summed E-state index contributed by atoms with van der Waals surface area (Å²) in [5.74, 6) is 0.465. The van der Waals surface area contributed by atoms with E-state index in [-0.39, 0.29) is 84.0 Å². The largest absolute Gasteiger partial charge is 2.00 e. The van der Waals surface area contributed by atoms with E-state index in [1.54, 1.807) is 14.1 Å². The first-order valence-electron chi connectivity index (χ1n) is 7.13. The van der Waals surface area contributed by atoms with Gasteiger partial charge in [-0.1, -0.05) is 0 Å². The topological polar surface area (TPSA) is 109 Å². The van der Waals surface area contributed by atoms with Crippen LogP contribution in [0.3, 0.4) is 0 Å². The van der Waals surface area contributed by atoms with E-state index in [1.165, 1.54) is 9.80 Å². The summed E-state index contributed by atoms with van der Waals surface area (Å²) in [6, 6.07) is -0.417. The molecule has 2 unspecified atom stereocenters. The molecule has 0 radical (unpaired) electrons. The van der Waals surface area contributed by atoms with Gasteiger partial charge >= 0.3 is 48.9 Å². The van der Waals surface area contributed by atoms with Gasteiger partial charge in [-0.25, -0.2) is 16.8 Å². The van der Waals surface area contributed by atoms with Crippen molar-refractivity contribution in [3.63, 3.8) is 0 Å². The standard InChI is InChI=1S/2C6H11NO3S2.Ba/c2*1-7(6(8)11)5-2-3-12(9,10)4-5;/h2*5H,2-4H2,1H3,(H,8,11);/q;;+2/p-2. The molecule has 0 aromatic rings. The Kier molecular flexibility index (Phi) is 10.8. The van der Waals surface area contributed by atoms with Crippen LogP contribution in [0.25, 0.3) is 0 Å². The maximum atomic E-state index is 11.0. The van der Waals surface area contributed by atoms with E-state index in [1.807, 2.05) is 0 Å². The Morgan fingerprint density at radius 2 is 1.08 bits per heavy atom. The minimum atomic E-state index is -2.91. The number of amides is 2. The quantitative estimate of drug-likeness (QED) is 0.322. The summed E-state index contributed by atoms with van der Waals surface area (Å²) < 4.78 is 44.0. The molecule has 2 heterocycles. The van der Waals surface area contributed by atoms with E-state index in [2.05, 4.69) is 25.3 Å². The summed E-state index contributed by atoms with van der Waals surface area (Å²) in [7, 11) is -2.74. The molecule has 0 bridgehead atoms. The third-order valence-electron chi connectivity index (χ3n) is 4.09. The van der Waals surface area contributed by atoms with E-state index in [0.717, 1.165) is 0 Å². The number of nitrogens with zero attached hydrogens (tertiary/aromatic N) is 2. The van der Waals surface area contributed by atoms with Crippen LogP contribution in [0.2, 0.25) is 0 Å². The van der Waals surface area contributed by atoms with Crippen LogP contribution >= 0.6 is 0 Å². The Hall–Kier alpha value is 0.851. The maximum absolute atomic E-state index is 11.0. The Bertz CT molecular complexity index is 636. The van der Waals surface area contributed by atoms with Crippen molar-refractivity contribution in [3.05, 3.63) is 0 Å². The zero-order valence-electron chi connectivity index (χ0n) is 14.1. The average Bonchev–Trinajstić information content (AvgIpc) is 2.99. The number of carbonyl (C=O) groups is 2. The van der Waals surface area contributed by atoms with Gasteiger partial charge in [0.2, 0.25) is 0 Å². The zero-order valence-corrected chi connectivity index (χ0v) is 21.8. The fraction of sp³-hybridized carbons (Fsp3) is 0.833. The van der Waals surface area contributed by atoms with Crippen molar-refractivity contribution in [1.29, 1.82) is 0 Å². The van der Waals surface area contributed by atoms with Gasteiger partial charge in [0.1, 0.15) is 10.5 Å². The number of carbonyl (C=O) groups excluding carboxylic acids is 2. The molecule has 2 aliphatic rings. The van der Waals surface area contributed by atoms with Crippen molar-refractivity contribution in [2.45, 2.75) is 24.9 Å². The Morgan fingerprint density at radius 1 is 0.800 bits per heavy atom. The summed E-state index contributed by atoms with van der Waals surface area (Å²) >= 11 is 8.81. The first kappa shape index (κ1) is 25.9. The maximum Gasteiger partial charge on any atom is 2.00 e. The Labute approximate surface area is 200 Å². The average molecular weight is 554 g/mol. The number of hydrogen-bond donors (Lipinski definition) is 0. The van der Waals surface area contributed by atoms with E-state index in [0.29, 0.717) is 12.8 Å². The summed E-state index contributed by atoms with van der Waals surface area (Å²) in [4.78, 5) is 24.0. The van der Waals surface area contributed by atoms with E-state index in [4.69, 9.17) is 0 Å². The molecule has 0 spiro atoms. The SMILES string of the molecule is CN(C(=O)[S-])C1CCS(=O)(=O)C1.CN(C(=O)[S-])C1CCS(=O)(=O)C1.[Ba+2]. The van der Waals surface area contributed by atoms with Gasteiger partial charge in [0.25, 0.3) is 0 Å². The van der Waals surface area contributed by atoms with Gasteiger partial charge in [-0.05, 0) is 12.8 Å². The monoisotopic (exact) mass is 554 g/mol. The van der Waals surface area contributed by atoms with Crippen LogP contribution in [-0.4, -0.2) is 135 Å². The van der Waals surface area contributed by atoms with Crippen LogP contribution in [0, 0.1) is 0 Å². The summed E-state index contributed by atoms with van der Waals surface area (Å²) in [6.07, 6.45) is 1.03. The zero-order chi connectivity index (χ0) is 18.7. The van der Waals surface area contributed by atoms with Crippen molar-refractivity contribution in [2.75, 3.05) is 37.1 Å². The molecule has 0 aromatic heterocycles. The molecular formula is C12H20BaN2O6S4. The van der Waals surface area contributed by atoms with Gasteiger partial charge in [0, 0.05) is 26.2 Å². The Balaban J connectivity index is 0.000000443. The smallest absolute Gasteiger partial charge is 0.719 e. The molecule has 2 saturated heterocycles. The second kappa shape index (κ2) is 10.4. The van der Waals surface area contributed by atoms with Crippen molar-refractivity contribution in [3.8, 4) is 0 Å². The summed E-state index contributed by atoms with van der Waals surface area (Å²) in [5, 5.41) is -0.978. The predicted molar refractivity (Wildman–Crippen MR) is 101 cm³/mol. The molecule has 140 valence electrons. The van der Waals surface area contributed by atoms with E-state index in [9.17, 15) is 26.4 Å². The van der Waals surface area contributed by atoms with E-state index >= 15 is 0 Å². The van der Waals surface area contributed by atoms with Crippen LogP contribution < -0.4 is 0 Å². The van der Waals surface area contributed by atoms with Gasteiger partial charge in [-0.15, -0.1) is 0 Å². The van der Waals surface area contributed by atoms with Gasteiger partial charge in [-0.2, -0.15) is 0 Å². The summed E-state index contributed by atoms with van der Waals surface area (Å²) in [5.41, 5.74) is 0. The molecule has 25 heavy (non-hydrogen) atoms. The molecule has 0 aromatic carbocycles. The first-order valence-corrected chi connectivity index (χ1v) is 11.6. The number of hydrogen-bond acceptors (Lipinski definition) is 8. The molecule has 0 N–H and O–H groups in total. The molecule has 0 aliphatic carbocycles. The van der Waals surface area contributed by atoms with Gasteiger partial charge in [0.15, 0.2) is 19.7 Å². The van der Waals surface area contributed by atoms with Crippen molar-refractivity contribution < 1.29 is 26.4 Å². The molecule has 2 fully saturated rings. The second-order valence-electron chi connectivity index (χ2n) is 5.87. The van der Waals surface area contributed by atoms with Gasteiger partial charge in [-0.3, -0.25) is 0 Å². The minimum Gasteiger partial charge on any atom is -0.719 e.